The number of phenols is 6. The number of ether oxygens (including phenoxy) is 2. The number of rotatable bonds is 5. The SMILES string of the molecule is O=Cc1cc(O)c2c(c1)O[C@H](c1cc(O)c(O)c(C=O)c1)[C@H](OC(=O)c1cc(O)c(O)c(O)c1)C2. The lowest BCUT2D eigenvalue weighted by Crippen LogP contribution is -2.35. The third-order valence-corrected chi connectivity index (χ3v) is 5.50. The van der Waals surface area contributed by atoms with Crippen molar-refractivity contribution in [2.24, 2.45) is 0 Å². The molecular weight excluding hydrogens is 464 g/mol. The molecule has 1 heterocycles. The summed E-state index contributed by atoms with van der Waals surface area (Å²) in [5.41, 5.74) is -0.145. The molecular formula is C24H18O11. The molecule has 180 valence electrons. The minimum absolute atomic E-state index is 0.0875. The largest absolute Gasteiger partial charge is 0.508 e. The van der Waals surface area contributed by atoms with Crippen LogP contribution in [0.4, 0.5) is 0 Å². The van der Waals surface area contributed by atoms with Gasteiger partial charge in [0, 0.05) is 23.1 Å². The Labute approximate surface area is 196 Å². The first kappa shape index (κ1) is 23.2. The van der Waals surface area contributed by atoms with Gasteiger partial charge < -0.3 is 40.1 Å². The molecule has 0 spiro atoms. The van der Waals surface area contributed by atoms with Crippen molar-refractivity contribution in [3.05, 3.63) is 64.2 Å². The second kappa shape index (κ2) is 8.78. The van der Waals surface area contributed by atoms with E-state index in [-0.39, 0.29) is 45.7 Å². The van der Waals surface area contributed by atoms with Crippen molar-refractivity contribution in [2.75, 3.05) is 0 Å². The molecule has 0 saturated carbocycles. The number of aldehydes is 2. The van der Waals surface area contributed by atoms with Crippen LogP contribution >= 0.6 is 0 Å². The summed E-state index contributed by atoms with van der Waals surface area (Å²) in [6.07, 6.45) is -1.72. The van der Waals surface area contributed by atoms with Crippen LogP contribution in [0.15, 0.2) is 36.4 Å². The summed E-state index contributed by atoms with van der Waals surface area (Å²) >= 11 is 0. The van der Waals surface area contributed by atoms with E-state index in [9.17, 15) is 45.0 Å². The average molecular weight is 482 g/mol. The topological polar surface area (TPSA) is 191 Å². The van der Waals surface area contributed by atoms with Crippen molar-refractivity contribution >= 4 is 18.5 Å². The second-order valence-corrected chi connectivity index (χ2v) is 7.78. The zero-order chi connectivity index (χ0) is 25.4. The minimum atomic E-state index is -1.19. The van der Waals surface area contributed by atoms with Crippen LogP contribution in [0.2, 0.25) is 0 Å². The molecule has 11 heteroatoms. The highest BCUT2D eigenvalue weighted by Crippen LogP contribution is 2.44. The molecule has 0 radical (unpaired) electrons. The van der Waals surface area contributed by atoms with E-state index in [1.807, 2.05) is 0 Å². The highest BCUT2D eigenvalue weighted by molar-refractivity contribution is 5.91. The number of benzene rings is 3. The Kier molecular flexibility index (Phi) is 5.83. The highest BCUT2D eigenvalue weighted by Gasteiger charge is 2.37. The molecule has 11 nitrogen and oxygen atoms in total. The maximum Gasteiger partial charge on any atom is 0.338 e. The van der Waals surface area contributed by atoms with Crippen LogP contribution in [0.5, 0.6) is 40.2 Å². The maximum absolute atomic E-state index is 12.8. The highest BCUT2D eigenvalue weighted by atomic mass is 16.6. The fraction of sp³-hybridized carbons (Fsp3) is 0.125. The number of hydrogen-bond acceptors (Lipinski definition) is 11. The van der Waals surface area contributed by atoms with Gasteiger partial charge in [0.25, 0.3) is 0 Å². The van der Waals surface area contributed by atoms with Crippen molar-refractivity contribution in [1.82, 2.24) is 0 Å². The van der Waals surface area contributed by atoms with Crippen molar-refractivity contribution in [2.45, 2.75) is 18.6 Å². The number of aromatic hydroxyl groups is 6. The van der Waals surface area contributed by atoms with E-state index in [2.05, 4.69) is 0 Å². The van der Waals surface area contributed by atoms with E-state index >= 15 is 0 Å². The Hall–Kier alpha value is -4.93. The number of esters is 1. The molecule has 0 aliphatic carbocycles. The van der Waals surface area contributed by atoms with Gasteiger partial charge in [0.05, 0.1) is 11.1 Å². The number of hydrogen-bond donors (Lipinski definition) is 6. The average Bonchev–Trinajstić information content (AvgIpc) is 2.83. The fourth-order valence-electron chi connectivity index (χ4n) is 3.78. The monoisotopic (exact) mass is 482 g/mol. The predicted octanol–water partition coefficient (Wildman–Crippen LogP) is 2.45. The first-order valence-electron chi connectivity index (χ1n) is 10.1. The quantitative estimate of drug-likeness (QED) is 0.178. The minimum Gasteiger partial charge on any atom is -0.508 e. The summed E-state index contributed by atoms with van der Waals surface area (Å²) < 4.78 is 11.4. The summed E-state index contributed by atoms with van der Waals surface area (Å²) in [7, 11) is 0. The van der Waals surface area contributed by atoms with E-state index in [0.29, 0.717) is 12.6 Å². The molecule has 1 aliphatic rings. The Morgan fingerprint density at radius 1 is 0.829 bits per heavy atom. The third-order valence-electron chi connectivity index (χ3n) is 5.50. The van der Waals surface area contributed by atoms with Crippen molar-refractivity contribution in [3.8, 4) is 40.2 Å². The Morgan fingerprint density at radius 3 is 2.11 bits per heavy atom. The van der Waals surface area contributed by atoms with Crippen LogP contribution in [-0.2, 0) is 11.2 Å². The molecule has 4 rings (SSSR count). The molecule has 0 fully saturated rings. The molecule has 35 heavy (non-hydrogen) atoms. The lowest BCUT2D eigenvalue weighted by molar-refractivity contribution is -0.0188. The van der Waals surface area contributed by atoms with Crippen LogP contribution < -0.4 is 4.74 Å². The van der Waals surface area contributed by atoms with Crippen molar-refractivity contribution in [1.29, 1.82) is 0 Å². The molecule has 3 aromatic rings. The zero-order valence-corrected chi connectivity index (χ0v) is 17.7. The van der Waals surface area contributed by atoms with E-state index in [1.165, 1.54) is 18.2 Å². The smallest absolute Gasteiger partial charge is 0.338 e. The molecule has 3 aromatic carbocycles. The summed E-state index contributed by atoms with van der Waals surface area (Å²) in [6.45, 7) is 0. The van der Waals surface area contributed by atoms with Gasteiger partial charge in [-0.05, 0) is 36.4 Å². The van der Waals surface area contributed by atoms with Gasteiger partial charge in [-0.2, -0.15) is 0 Å². The van der Waals surface area contributed by atoms with Gasteiger partial charge in [-0.1, -0.05) is 0 Å². The summed E-state index contributed by atoms with van der Waals surface area (Å²) in [6, 6.07) is 6.59. The molecule has 0 unspecified atom stereocenters. The van der Waals surface area contributed by atoms with Crippen molar-refractivity contribution < 1.29 is 54.5 Å². The Bertz CT molecular complexity index is 1340. The Morgan fingerprint density at radius 2 is 1.49 bits per heavy atom. The summed E-state index contributed by atoms with van der Waals surface area (Å²) in [5.74, 6) is -4.91. The third kappa shape index (κ3) is 4.22. The number of carbonyl (C=O) groups is 3. The zero-order valence-electron chi connectivity index (χ0n) is 17.7. The first-order chi connectivity index (χ1) is 16.6. The molecule has 0 amide bonds. The lowest BCUT2D eigenvalue weighted by Gasteiger charge is -2.34. The molecule has 0 saturated heterocycles. The van der Waals surface area contributed by atoms with E-state index in [1.54, 1.807) is 0 Å². The number of carbonyl (C=O) groups excluding carboxylic acids is 3. The standard InChI is InChI=1S/C24H18O11/c25-8-10-1-15(27)14-7-20(35-24(33)12-5-17(29)22(32)18(30)6-12)23(34-19(14)2-10)11-3-13(9-26)21(31)16(28)4-11/h1-6,8-9,20,23,27-32H,7H2/t20-,23-/m1/s1. The molecule has 2 atom stereocenters. The molecule has 1 aliphatic heterocycles. The number of phenolic OH excluding ortho intramolecular Hbond substituents is 6. The van der Waals surface area contributed by atoms with Gasteiger partial charge in [-0.15, -0.1) is 0 Å². The molecule has 0 bridgehead atoms. The fourth-order valence-corrected chi connectivity index (χ4v) is 3.78. The normalized spacial score (nSPS) is 16.6. The van der Waals surface area contributed by atoms with Gasteiger partial charge in [0.1, 0.15) is 23.9 Å². The van der Waals surface area contributed by atoms with Gasteiger partial charge in [-0.3, -0.25) is 9.59 Å². The van der Waals surface area contributed by atoms with E-state index in [4.69, 9.17) is 9.47 Å². The first-order valence-corrected chi connectivity index (χ1v) is 10.1. The number of fused-ring (bicyclic) bond motifs is 1. The predicted molar refractivity (Wildman–Crippen MR) is 116 cm³/mol. The van der Waals surface area contributed by atoms with Gasteiger partial charge in [0.2, 0.25) is 0 Å². The van der Waals surface area contributed by atoms with Crippen LogP contribution in [0, 0.1) is 0 Å². The van der Waals surface area contributed by atoms with Crippen LogP contribution in [0.1, 0.15) is 48.3 Å². The van der Waals surface area contributed by atoms with Crippen LogP contribution in [-0.4, -0.2) is 55.3 Å². The van der Waals surface area contributed by atoms with E-state index < -0.39 is 46.9 Å². The molecule has 6 N–H and O–H groups in total. The molecule has 0 aromatic heterocycles. The summed E-state index contributed by atoms with van der Waals surface area (Å²) in [5, 5.41) is 59.2. The second-order valence-electron chi connectivity index (χ2n) is 7.78. The summed E-state index contributed by atoms with van der Waals surface area (Å²) in [4.78, 5) is 35.4. The maximum atomic E-state index is 12.8. The Balaban J connectivity index is 1.78. The van der Waals surface area contributed by atoms with Crippen LogP contribution in [0.25, 0.3) is 0 Å². The van der Waals surface area contributed by atoms with Crippen LogP contribution in [0.3, 0.4) is 0 Å². The van der Waals surface area contributed by atoms with Gasteiger partial charge in [-0.25, -0.2) is 4.79 Å². The lowest BCUT2D eigenvalue weighted by atomic mass is 9.92. The van der Waals surface area contributed by atoms with Gasteiger partial charge in [0.15, 0.2) is 41.1 Å². The van der Waals surface area contributed by atoms with Crippen molar-refractivity contribution in [3.63, 3.8) is 0 Å². The van der Waals surface area contributed by atoms with Gasteiger partial charge >= 0.3 is 5.97 Å². The van der Waals surface area contributed by atoms with E-state index in [0.717, 1.165) is 18.2 Å².